The highest BCUT2D eigenvalue weighted by Gasteiger charge is 2.35. The SMILES string of the molecule is CC(C)CC(OCc1ccc(-c2ccccc2)cc1)C(=O)NC1C(=O)COC1C. The van der Waals surface area contributed by atoms with Crippen LogP contribution in [0.5, 0.6) is 0 Å². The molecule has 1 saturated heterocycles. The van der Waals surface area contributed by atoms with E-state index in [4.69, 9.17) is 9.47 Å². The van der Waals surface area contributed by atoms with E-state index in [-0.39, 0.29) is 24.4 Å². The summed E-state index contributed by atoms with van der Waals surface area (Å²) in [5.41, 5.74) is 3.30. The van der Waals surface area contributed by atoms with Crippen LogP contribution in [-0.4, -0.2) is 36.5 Å². The van der Waals surface area contributed by atoms with Crippen LogP contribution in [0.1, 0.15) is 32.8 Å². The Bertz CT molecular complexity index is 817. The lowest BCUT2D eigenvalue weighted by Gasteiger charge is -2.22. The average molecular weight is 395 g/mol. The van der Waals surface area contributed by atoms with Crippen molar-refractivity contribution in [2.45, 2.75) is 52.0 Å². The van der Waals surface area contributed by atoms with Crippen molar-refractivity contribution in [1.82, 2.24) is 5.32 Å². The summed E-state index contributed by atoms with van der Waals surface area (Å²) in [6, 6.07) is 17.7. The Morgan fingerprint density at radius 3 is 2.34 bits per heavy atom. The average Bonchev–Trinajstić information content (AvgIpc) is 3.04. The van der Waals surface area contributed by atoms with Gasteiger partial charge in [-0.3, -0.25) is 9.59 Å². The van der Waals surface area contributed by atoms with Crippen molar-refractivity contribution in [1.29, 1.82) is 0 Å². The van der Waals surface area contributed by atoms with Crippen molar-refractivity contribution in [2.24, 2.45) is 5.92 Å². The van der Waals surface area contributed by atoms with Crippen LogP contribution in [0.4, 0.5) is 0 Å². The number of ketones is 1. The van der Waals surface area contributed by atoms with Crippen LogP contribution in [0.25, 0.3) is 11.1 Å². The summed E-state index contributed by atoms with van der Waals surface area (Å²) in [5, 5.41) is 2.81. The number of hydrogen-bond donors (Lipinski definition) is 1. The summed E-state index contributed by atoms with van der Waals surface area (Å²) in [7, 11) is 0. The zero-order chi connectivity index (χ0) is 20.8. The molecular weight excluding hydrogens is 366 g/mol. The molecule has 3 rings (SSSR count). The molecule has 2 aromatic carbocycles. The molecule has 1 N–H and O–H groups in total. The van der Waals surface area contributed by atoms with Crippen molar-refractivity contribution >= 4 is 11.7 Å². The minimum atomic E-state index is -0.607. The molecule has 0 aromatic heterocycles. The Balaban J connectivity index is 1.61. The molecule has 0 spiro atoms. The molecule has 0 bridgehead atoms. The molecule has 3 atom stereocenters. The van der Waals surface area contributed by atoms with Crippen LogP contribution in [0.2, 0.25) is 0 Å². The van der Waals surface area contributed by atoms with E-state index in [9.17, 15) is 9.59 Å². The van der Waals surface area contributed by atoms with Crippen LogP contribution < -0.4 is 5.32 Å². The second-order valence-electron chi connectivity index (χ2n) is 7.96. The molecule has 1 heterocycles. The Morgan fingerprint density at radius 1 is 1.10 bits per heavy atom. The van der Waals surface area contributed by atoms with Crippen molar-refractivity contribution in [3.63, 3.8) is 0 Å². The Labute approximate surface area is 172 Å². The number of nitrogens with one attached hydrogen (secondary N) is 1. The van der Waals surface area contributed by atoms with Crippen molar-refractivity contribution in [2.75, 3.05) is 6.61 Å². The standard InChI is InChI=1S/C24H29NO4/c1-16(2)13-22(24(27)25-23-17(3)28-15-21(23)26)29-14-18-9-11-20(12-10-18)19-7-5-4-6-8-19/h4-12,16-17,22-23H,13-15H2,1-3H3,(H,25,27). The first-order valence-electron chi connectivity index (χ1n) is 10.1. The molecule has 0 aliphatic carbocycles. The zero-order valence-corrected chi connectivity index (χ0v) is 17.3. The molecule has 1 aliphatic rings. The number of ether oxygens (including phenoxy) is 2. The van der Waals surface area contributed by atoms with E-state index in [1.807, 2.05) is 44.2 Å². The summed E-state index contributed by atoms with van der Waals surface area (Å²) in [5.74, 6) is -0.0555. The molecule has 3 unspecified atom stereocenters. The van der Waals surface area contributed by atoms with Crippen molar-refractivity contribution in [3.05, 3.63) is 60.2 Å². The summed E-state index contributed by atoms with van der Waals surface area (Å²) in [6.07, 6.45) is -0.328. The monoisotopic (exact) mass is 395 g/mol. The highest BCUT2D eigenvalue weighted by Crippen LogP contribution is 2.20. The minimum absolute atomic E-state index is 0.0512. The normalized spacial score (nSPS) is 20.1. The molecule has 5 nitrogen and oxygen atoms in total. The molecule has 1 aliphatic heterocycles. The fraction of sp³-hybridized carbons (Fsp3) is 0.417. The molecule has 29 heavy (non-hydrogen) atoms. The predicted octanol–water partition coefficient (Wildman–Crippen LogP) is 3.76. The first-order valence-corrected chi connectivity index (χ1v) is 10.1. The number of benzene rings is 2. The molecule has 1 fully saturated rings. The topological polar surface area (TPSA) is 64.6 Å². The Kier molecular flexibility index (Phi) is 7.18. The lowest BCUT2D eigenvalue weighted by molar-refractivity contribution is -0.137. The summed E-state index contributed by atoms with van der Waals surface area (Å²) in [4.78, 5) is 24.7. The van der Waals surface area contributed by atoms with E-state index in [1.165, 1.54) is 0 Å². The zero-order valence-electron chi connectivity index (χ0n) is 17.3. The van der Waals surface area contributed by atoms with Crippen LogP contribution in [-0.2, 0) is 25.7 Å². The van der Waals surface area contributed by atoms with Gasteiger partial charge in [-0.1, -0.05) is 68.4 Å². The van der Waals surface area contributed by atoms with Crippen molar-refractivity contribution in [3.8, 4) is 11.1 Å². The van der Waals surface area contributed by atoms with Gasteiger partial charge in [0.15, 0.2) is 5.78 Å². The van der Waals surface area contributed by atoms with Crippen LogP contribution in [0, 0.1) is 5.92 Å². The Morgan fingerprint density at radius 2 is 1.76 bits per heavy atom. The summed E-state index contributed by atoms with van der Waals surface area (Å²) < 4.78 is 11.3. The van der Waals surface area contributed by atoms with Crippen LogP contribution >= 0.6 is 0 Å². The van der Waals surface area contributed by atoms with E-state index in [0.717, 1.165) is 16.7 Å². The largest absolute Gasteiger partial charge is 0.368 e. The van der Waals surface area contributed by atoms with Gasteiger partial charge in [0.2, 0.25) is 5.91 Å². The number of carbonyl (C=O) groups is 2. The van der Waals surface area contributed by atoms with Gasteiger partial charge in [0.1, 0.15) is 18.8 Å². The summed E-state index contributed by atoms with van der Waals surface area (Å²) >= 11 is 0. The van der Waals surface area contributed by atoms with E-state index in [1.54, 1.807) is 6.92 Å². The maximum absolute atomic E-state index is 12.7. The van der Waals surface area contributed by atoms with E-state index >= 15 is 0 Å². The number of rotatable bonds is 8. The molecule has 154 valence electrons. The second-order valence-corrected chi connectivity index (χ2v) is 7.96. The molecular formula is C24H29NO4. The first-order chi connectivity index (χ1) is 13.9. The van der Waals surface area contributed by atoms with E-state index in [0.29, 0.717) is 18.9 Å². The third-order valence-corrected chi connectivity index (χ3v) is 5.09. The number of carbonyl (C=O) groups excluding carboxylic acids is 2. The first kappa shape index (κ1) is 21.2. The van der Waals surface area contributed by atoms with Gasteiger partial charge < -0.3 is 14.8 Å². The smallest absolute Gasteiger partial charge is 0.249 e. The quantitative estimate of drug-likeness (QED) is 0.739. The van der Waals surface area contributed by atoms with Gasteiger partial charge in [0, 0.05) is 0 Å². The minimum Gasteiger partial charge on any atom is -0.368 e. The third kappa shape index (κ3) is 5.75. The highest BCUT2D eigenvalue weighted by atomic mass is 16.5. The number of Topliss-reactive ketones (excluding diaryl/α,β-unsaturated/α-hetero) is 1. The molecule has 0 saturated carbocycles. The van der Waals surface area contributed by atoms with Gasteiger partial charge in [-0.2, -0.15) is 0 Å². The van der Waals surface area contributed by atoms with Gasteiger partial charge in [-0.05, 0) is 36.0 Å². The maximum Gasteiger partial charge on any atom is 0.249 e. The van der Waals surface area contributed by atoms with Gasteiger partial charge in [0.05, 0.1) is 12.7 Å². The fourth-order valence-corrected chi connectivity index (χ4v) is 3.41. The van der Waals surface area contributed by atoms with E-state index in [2.05, 4.69) is 29.6 Å². The van der Waals surface area contributed by atoms with Gasteiger partial charge >= 0.3 is 0 Å². The molecule has 5 heteroatoms. The molecule has 1 amide bonds. The number of amides is 1. The van der Waals surface area contributed by atoms with Gasteiger partial charge in [-0.15, -0.1) is 0 Å². The molecule has 2 aromatic rings. The van der Waals surface area contributed by atoms with Crippen molar-refractivity contribution < 1.29 is 19.1 Å². The summed E-state index contributed by atoms with van der Waals surface area (Å²) in [6.45, 7) is 6.28. The van der Waals surface area contributed by atoms with Gasteiger partial charge in [0.25, 0.3) is 0 Å². The lowest BCUT2D eigenvalue weighted by Crippen LogP contribution is -2.48. The fourth-order valence-electron chi connectivity index (χ4n) is 3.41. The molecule has 0 radical (unpaired) electrons. The lowest BCUT2D eigenvalue weighted by atomic mass is 10.0. The van der Waals surface area contributed by atoms with E-state index < -0.39 is 12.1 Å². The third-order valence-electron chi connectivity index (χ3n) is 5.09. The van der Waals surface area contributed by atoms with Crippen LogP contribution in [0.3, 0.4) is 0 Å². The van der Waals surface area contributed by atoms with Gasteiger partial charge in [-0.25, -0.2) is 0 Å². The predicted molar refractivity (Wildman–Crippen MR) is 112 cm³/mol. The van der Waals surface area contributed by atoms with Crippen LogP contribution in [0.15, 0.2) is 54.6 Å². The number of hydrogen-bond acceptors (Lipinski definition) is 4. The maximum atomic E-state index is 12.7. The second kappa shape index (κ2) is 9.81. The highest BCUT2D eigenvalue weighted by molar-refractivity contribution is 5.92. The Hall–Kier alpha value is -2.50.